The molecule has 0 radical (unpaired) electrons. The third-order valence-corrected chi connectivity index (χ3v) is 3.85. The highest BCUT2D eigenvalue weighted by Crippen LogP contribution is 2.14. The fraction of sp³-hybridized carbons (Fsp3) is 0.429. The molecule has 0 aliphatic carbocycles. The van der Waals surface area contributed by atoms with Gasteiger partial charge in [0.15, 0.2) is 0 Å². The molecule has 0 spiro atoms. The van der Waals surface area contributed by atoms with Crippen LogP contribution in [0, 0.1) is 18.8 Å². The molecule has 1 aromatic heterocycles. The van der Waals surface area contributed by atoms with E-state index < -0.39 is 0 Å². The third kappa shape index (κ3) is 6.29. The number of aryl methyl sites for hydroxylation is 2. The Labute approximate surface area is 155 Å². The lowest BCUT2D eigenvalue weighted by molar-refractivity contribution is 0.0941. The van der Waals surface area contributed by atoms with Crippen molar-refractivity contribution in [2.75, 3.05) is 6.61 Å². The van der Waals surface area contributed by atoms with Crippen molar-refractivity contribution in [3.8, 4) is 17.6 Å². The SMILES string of the molecule is CCC#CCCCCOc1cccc(CNC(=O)c2cc(C)nn2C)c1. The van der Waals surface area contributed by atoms with Crippen LogP contribution in [0.2, 0.25) is 0 Å². The molecule has 0 saturated heterocycles. The van der Waals surface area contributed by atoms with Crippen molar-refractivity contribution in [1.29, 1.82) is 0 Å². The fourth-order valence-corrected chi connectivity index (χ4v) is 2.56. The molecule has 0 aliphatic heterocycles. The Morgan fingerprint density at radius 2 is 2.12 bits per heavy atom. The number of carbonyl (C=O) groups excluding carboxylic acids is 1. The Kier molecular flexibility index (Phi) is 7.75. The topological polar surface area (TPSA) is 56.1 Å². The first-order valence-corrected chi connectivity index (χ1v) is 9.06. The second-order valence-corrected chi connectivity index (χ2v) is 6.14. The molecule has 0 bridgehead atoms. The quantitative estimate of drug-likeness (QED) is 0.582. The summed E-state index contributed by atoms with van der Waals surface area (Å²) in [6.07, 6.45) is 3.88. The summed E-state index contributed by atoms with van der Waals surface area (Å²) < 4.78 is 7.38. The van der Waals surface area contributed by atoms with Crippen LogP contribution in [0.3, 0.4) is 0 Å². The van der Waals surface area contributed by atoms with Crippen molar-refractivity contribution in [2.24, 2.45) is 7.05 Å². The molecule has 138 valence electrons. The first-order chi connectivity index (χ1) is 12.6. The molecule has 1 aromatic carbocycles. The van der Waals surface area contributed by atoms with E-state index in [1.807, 2.05) is 31.2 Å². The predicted octanol–water partition coefficient (Wildman–Crippen LogP) is 3.62. The van der Waals surface area contributed by atoms with Gasteiger partial charge in [-0.15, -0.1) is 11.8 Å². The van der Waals surface area contributed by atoms with Crippen LogP contribution >= 0.6 is 0 Å². The van der Waals surface area contributed by atoms with Crippen molar-refractivity contribution in [2.45, 2.75) is 46.1 Å². The Morgan fingerprint density at radius 1 is 1.27 bits per heavy atom. The van der Waals surface area contributed by atoms with Gasteiger partial charge in [0.1, 0.15) is 11.4 Å². The fourth-order valence-electron chi connectivity index (χ4n) is 2.56. The van der Waals surface area contributed by atoms with E-state index in [0.29, 0.717) is 18.8 Å². The zero-order valence-electron chi connectivity index (χ0n) is 15.8. The maximum absolute atomic E-state index is 12.2. The molecule has 26 heavy (non-hydrogen) atoms. The molecule has 0 unspecified atom stereocenters. The Balaban J connectivity index is 1.77. The van der Waals surface area contributed by atoms with Crippen LogP contribution in [0.25, 0.3) is 0 Å². The first-order valence-electron chi connectivity index (χ1n) is 9.06. The van der Waals surface area contributed by atoms with Crippen LogP contribution in [-0.2, 0) is 13.6 Å². The van der Waals surface area contributed by atoms with Gasteiger partial charge in [0.25, 0.3) is 5.91 Å². The van der Waals surface area contributed by atoms with E-state index in [0.717, 1.165) is 42.7 Å². The van der Waals surface area contributed by atoms with E-state index in [9.17, 15) is 4.79 Å². The van der Waals surface area contributed by atoms with Crippen molar-refractivity contribution in [1.82, 2.24) is 15.1 Å². The number of carbonyl (C=O) groups is 1. The molecule has 1 N–H and O–H groups in total. The minimum atomic E-state index is -0.132. The van der Waals surface area contributed by atoms with Gasteiger partial charge in [-0.2, -0.15) is 5.10 Å². The molecule has 0 atom stereocenters. The summed E-state index contributed by atoms with van der Waals surface area (Å²) in [6, 6.07) is 9.60. The Bertz CT molecular complexity index is 784. The third-order valence-electron chi connectivity index (χ3n) is 3.85. The van der Waals surface area contributed by atoms with Crippen molar-refractivity contribution in [3.63, 3.8) is 0 Å². The first kappa shape index (κ1) is 19.6. The van der Waals surface area contributed by atoms with Crippen LogP contribution in [0.5, 0.6) is 5.75 Å². The molecule has 1 amide bonds. The highest BCUT2D eigenvalue weighted by atomic mass is 16.5. The summed E-state index contributed by atoms with van der Waals surface area (Å²) >= 11 is 0. The van der Waals surface area contributed by atoms with Gasteiger partial charge in [-0.3, -0.25) is 9.48 Å². The summed E-state index contributed by atoms with van der Waals surface area (Å²) in [6.45, 7) is 5.06. The second kappa shape index (κ2) is 10.3. The molecule has 2 aromatic rings. The molecule has 5 heteroatoms. The van der Waals surface area contributed by atoms with E-state index >= 15 is 0 Å². The van der Waals surface area contributed by atoms with E-state index in [1.165, 1.54) is 0 Å². The lowest BCUT2D eigenvalue weighted by Crippen LogP contribution is -2.25. The minimum absolute atomic E-state index is 0.132. The molecule has 5 nitrogen and oxygen atoms in total. The van der Waals surface area contributed by atoms with Gasteiger partial charge < -0.3 is 10.1 Å². The zero-order chi connectivity index (χ0) is 18.8. The molecule has 0 aliphatic rings. The summed E-state index contributed by atoms with van der Waals surface area (Å²) in [5.41, 5.74) is 2.39. The number of rotatable bonds is 8. The number of ether oxygens (including phenoxy) is 1. The number of nitrogens with zero attached hydrogens (tertiary/aromatic N) is 2. The van der Waals surface area contributed by atoms with E-state index in [4.69, 9.17) is 4.74 Å². The van der Waals surface area contributed by atoms with E-state index in [2.05, 4.69) is 29.2 Å². The number of hydrogen-bond donors (Lipinski definition) is 1. The van der Waals surface area contributed by atoms with Gasteiger partial charge in [-0.25, -0.2) is 0 Å². The Hall–Kier alpha value is -2.74. The molecule has 0 saturated carbocycles. The zero-order valence-corrected chi connectivity index (χ0v) is 15.8. The van der Waals surface area contributed by atoms with Gasteiger partial charge in [-0.1, -0.05) is 19.1 Å². The number of nitrogens with one attached hydrogen (secondary N) is 1. The summed E-state index contributed by atoms with van der Waals surface area (Å²) in [5, 5.41) is 7.12. The smallest absolute Gasteiger partial charge is 0.269 e. The molecule has 1 heterocycles. The summed E-state index contributed by atoms with van der Waals surface area (Å²) in [5.74, 6) is 6.91. The predicted molar refractivity (Wildman–Crippen MR) is 103 cm³/mol. The molecule has 2 rings (SSSR count). The standard InChI is InChI=1S/C21H27N3O2/c1-4-5-6-7-8-9-13-26-19-12-10-11-18(15-19)16-22-21(25)20-14-17(2)23-24(20)3/h10-12,14-15H,4,7-9,13,16H2,1-3H3,(H,22,25). The van der Waals surface area contributed by atoms with Crippen molar-refractivity contribution in [3.05, 3.63) is 47.3 Å². The molecular formula is C21H27N3O2. The number of aromatic nitrogens is 2. The minimum Gasteiger partial charge on any atom is -0.494 e. The van der Waals surface area contributed by atoms with Crippen LogP contribution in [0.1, 0.15) is 54.4 Å². The van der Waals surface area contributed by atoms with E-state index in [-0.39, 0.29) is 5.91 Å². The Morgan fingerprint density at radius 3 is 2.85 bits per heavy atom. The number of benzene rings is 1. The monoisotopic (exact) mass is 353 g/mol. The van der Waals surface area contributed by atoms with E-state index in [1.54, 1.807) is 17.8 Å². The average molecular weight is 353 g/mol. The van der Waals surface area contributed by atoms with Crippen molar-refractivity contribution < 1.29 is 9.53 Å². The molecule has 0 fully saturated rings. The number of hydrogen-bond acceptors (Lipinski definition) is 3. The van der Waals surface area contributed by atoms with Crippen molar-refractivity contribution >= 4 is 5.91 Å². The van der Waals surface area contributed by atoms with Crippen LogP contribution < -0.4 is 10.1 Å². The van der Waals surface area contributed by atoms with Gasteiger partial charge in [0.2, 0.25) is 0 Å². The highest BCUT2D eigenvalue weighted by Gasteiger charge is 2.11. The average Bonchev–Trinajstić information content (AvgIpc) is 2.97. The summed E-state index contributed by atoms with van der Waals surface area (Å²) in [7, 11) is 1.77. The van der Waals surface area contributed by atoms with Crippen LogP contribution in [0.4, 0.5) is 0 Å². The number of unbranched alkanes of at least 4 members (excludes halogenated alkanes) is 2. The lowest BCUT2D eigenvalue weighted by atomic mass is 10.2. The van der Waals surface area contributed by atoms with Crippen LogP contribution in [0.15, 0.2) is 30.3 Å². The van der Waals surface area contributed by atoms with Gasteiger partial charge >= 0.3 is 0 Å². The largest absolute Gasteiger partial charge is 0.494 e. The van der Waals surface area contributed by atoms with Crippen LogP contribution in [-0.4, -0.2) is 22.3 Å². The number of amides is 1. The van der Waals surface area contributed by atoms with Gasteiger partial charge in [0.05, 0.1) is 12.3 Å². The highest BCUT2D eigenvalue weighted by molar-refractivity contribution is 5.92. The maximum atomic E-state index is 12.2. The van der Waals surface area contributed by atoms with Gasteiger partial charge in [-0.05, 0) is 43.5 Å². The lowest BCUT2D eigenvalue weighted by Gasteiger charge is -2.09. The maximum Gasteiger partial charge on any atom is 0.269 e. The van der Waals surface area contributed by atoms with Gasteiger partial charge in [0, 0.05) is 26.4 Å². The summed E-state index contributed by atoms with van der Waals surface area (Å²) in [4.78, 5) is 12.2. The second-order valence-electron chi connectivity index (χ2n) is 6.14. The molecular weight excluding hydrogens is 326 g/mol. The normalized spacial score (nSPS) is 10.1.